The lowest BCUT2D eigenvalue weighted by Gasteiger charge is -2.35. The minimum absolute atomic E-state index is 0.0134. The number of benzene rings is 1. The third-order valence-corrected chi connectivity index (χ3v) is 6.31. The summed E-state index contributed by atoms with van der Waals surface area (Å²) in [7, 11) is 0. The van der Waals surface area contributed by atoms with Crippen molar-refractivity contribution in [2.24, 2.45) is 5.92 Å². The molecule has 0 unspecified atom stereocenters. The van der Waals surface area contributed by atoms with Crippen molar-refractivity contribution in [1.82, 2.24) is 10.2 Å². The molecular weight excluding hydrogens is 398 g/mol. The number of carbonyl (C=O) groups excluding carboxylic acids is 2. The van der Waals surface area contributed by atoms with E-state index in [1.807, 2.05) is 25.7 Å². The van der Waals surface area contributed by atoms with Crippen molar-refractivity contribution in [1.29, 1.82) is 0 Å². The fourth-order valence-corrected chi connectivity index (χ4v) is 4.46. The fourth-order valence-electron chi connectivity index (χ4n) is 3.68. The van der Waals surface area contributed by atoms with E-state index in [-0.39, 0.29) is 17.7 Å². The zero-order valence-corrected chi connectivity index (χ0v) is 18.8. The van der Waals surface area contributed by atoms with E-state index >= 15 is 0 Å². The number of nitrogens with one attached hydrogen (secondary N) is 2. The summed E-state index contributed by atoms with van der Waals surface area (Å²) in [5, 5.41) is 5.06. The van der Waals surface area contributed by atoms with E-state index < -0.39 is 6.04 Å². The van der Waals surface area contributed by atoms with E-state index in [0.717, 1.165) is 38.5 Å². The molecule has 1 aliphatic heterocycles. The molecule has 0 aliphatic carbocycles. The molecule has 0 radical (unpaired) electrons. The van der Waals surface area contributed by atoms with Gasteiger partial charge in [-0.1, -0.05) is 19.9 Å². The van der Waals surface area contributed by atoms with Gasteiger partial charge in [-0.2, -0.15) is 0 Å². The van der Waals surface area contributed by atoms with Gasteiger partial charge in [-0.05, 0) is 48.6 Å². The quantitative estimate of drug-likeness (QED) is 0.672. The summed E-state index contributed by atoms with van der Waals surface area (Å²) >= 11 is 1.78. The minimum atomic E-state index is -0.525. The number of carbonyl (C=O) groups is 2. The third kappa shape index (κ3) is 5.83. The highest BCUT2D eigenvalue weighted by Gasteiger charge is 2.32. The number of nitrogens with zero attached hydrogens (tertiary/aromatic N) is 1. The number of rotatable bonds is 8. The summed E-state index contributed by atoms with van der Waals surface area (Å²) in [6, 6.07) is 10.7. The zero-order chi connectivity index (χ0) is 21.5. The van der Waals surface area contributed by atoms with Crippen molar-refractivity contribution in [3.63, 3.8) is 0 Å². The van der Waals surface area contributed by atoms with Crippen molar-refractivity contribution in [2.75, 3.05) is 32.8 Å². The molecule has 1 atom stereocenters. The lowest BCUT2D eigenvalue weighted by Crippen LogP contribution is -3.13. The summed E-state index contributed by atoms with van der Waals surface area (Å²) in [6.45, 7) is 10.8. The molecule has 30 heavy (non-hydrogen) atoms. The molecule has 0 bridgehead atoms. The van der Waals surface area contributed by atoms with Gasteiger partial charge in [0, 0.05) is 5.56 Å². The lowest BCUT2D eigenvalue weighted by molar-refractivity contribution is -0.917. The van der Waals surface area contributed by atoms with Crippen LogP contribution in [0.1, 0.15) is 36.0 Å². The predicted molar refractivity (Wildman–Crippen MR) is 119 cm³/mol. The average molecular weight is 431 g/mol. The highest BCUT2D eigenvalue weighted by molar-refractivity contribution is 7.09. The normalized spacial score (nSPS) is 15.8. The Morgan fingerprint density at radius 3 is 2.43 bits per heavy atom. The van der Waals surface area contributed by atoms with Gasteiger partial charge < -0.3 is 19.9 Å². The second-order valence-corrected chi connectivity index (χ2v) is 9.02. The van der Waals surface area contributed by atoms with Gasteiger partial charge in [-0.15, -0.1) is 11.3 Å². The largest absolute Gasteiger partial charge is 0.494 e. The molecule has 1 aromatic carbocycles. The van der Waals surface area contributed by atoms with Crippen LogP contribution in [0.25, 0.3) is 0 Å². The van der Waals surface area contributed by atoms with Gasteiger partial charge in [0.15, 0.2) is 0 Å². The minimum Gasteiger partial charge on any atom is -0.494 e. The predicted octanol–water partition coefficient (Wildman–Crippen LogP) is 1.83. The topological polar surface area (TPSA) is 63.1 Å². The number of ether oxygens (including phenoxy) is 1. The Hall–Kier alpha value is -2.38. The van der Waals surface area contributed by atoms with E-state index in [9.17, 15) is 9.59 Å². The molecule has 1 aliphatic rings. The first kappa shape index (κ1) is 22.3. The Kier molecular flexibility index (Phi) is 7.87. The molecular formula is C23H32N3O3S+. The molecule has 1 aromatic heterocycles. The second-order valence-electron chi connectivity index (χ2n) is 7.98. The molecule has 2 aromatic rings. The molecule has 3 rings (SSSR count). The van der Waals surface area contributed by atoms with E-state index in [4.69, 9.17) is 4.74 Å². The number of quaternary nitrogens is 1. The maximum absolute atomic E-state index is 13.2. The van der Waals surface area contributed by atoms with Gasteiger partial charge in [0.05, 0.1) is 37.7 Å². The van der Waals surface area contributed by atoms with Crippen molar-refractivity contribution in [2.45, 2.75) is 33.4 Å². The van der Waals surface area contributed by atoms with Crippen LogP contribution >= 0.6 is 11.3 Å². The monoisotopic (exact) mass is 430 g/mol. The molecule has 7 heteroatoms. The summed E-state index contributed by atoms with van der Waals surface area (Å²) < 4.78 is 5.43. The number of thiophene rings is 1. The molecule has 2 heterocycles. The summed E-state index contributed by atoms with van der Waals surface area (Å²) in [5.41, 5.74) is 0.530. The van der Waals surface area contributed by atoms with Crippen molar-refractivity contribution >= 4 is 23.2 Å². The average Bonchev–Trinajstić information content (AvgIpc) is 3.25. The second kappa shape index (κ2) is 10.6. The number of piperazine rings is 1. The van der Waals surface area contributed by atoms with Crippen LogP contribution in [0.4, 0.5) is 0 Å². The van der Waals surface area contributed by atoms with Crippen LogP contribution in [0.2, 0.25) is 0 Å². The van der Waals surface area contributed by atoms with Crippen LogP contribution in [0.15, 0.2) is 41.8 Å². The Bertz CT molecular complexity index is 813. The van der Waals surface area contributed by atoms with Crippen LogP contribution in [0.3, 0.4) is 0 Å². The first-order valence-electron chi connectivity index (χ1n) is 10.7. The molecule has 1 fully saturated rings. The lowest BCUT2D eigenvalue weighted by atomic mass is 10.0. The van der Waals surface area contributed by atoms with Crippen LogP contribution in [0, 0.1) is 5.92 Å². The number of hydrogen-bond acceptors (Lipinski definition) is 4. The molecule has 162 valence electrons. The third-order valence-electron chi connectivity index (χ3n) is 5.43. The van der Waals surface area contributed by atoms with Gasteiger partial charge in [0.1, 0.15) is 18.3 Å². The van der Waals surface area contributed by atoms with Crippen LogP contribution in [-0.4, -0.2) is 55.5 Å². The SMILES string of the molecule is CCOc1ccc(C(=O)N[C@@H](C(=O)N2CC[NH+](Cc3cccs3)CC2)C(C)C)cc1. The van der Waals surface area contributed by atoms with Crippen LogP contribution in [-0.2, 0) is 11.3 Å². The van der Waals surface area contributed by atoms with E-state index in [1.165, 1.54) is 9.78 Å². The number of hydrogen-bond donors (Lipinski definition) is 2. The molecule has 0 saturated carbocycles. The Morgan fingerprint density at radius 2 is 1.87 bits per heavy atom. The van der Waals surface area contributed by atoms with Gasteiger partial charge in [0.25, 0.3) is 5.91 Å². The summed E-state index contributed by atoms with van der Waals surface area (Å²) in [6.07, 6.45) is 0. The molecule has 6 nitrogen and oxygen atoms in total. The van der Waals surface area contributed by atoms with E-state index in [0.29, 0.717) is 12.2 Å². The Morgan fingerprint density at radius 1 is 1.17 bits per heavy atom. The molecule has 1 saturated heterocycles. The van der Waals surface area contributed by atoms with Gasteiger partial charge in [-0.3, -0.25) is 9.59 Å². The highest BCUT2D eigenvalue weighted by Crippen LogP contribution is 2.14. The van der Waals surface area contributed by atoms with Gasteiger partial charge in [0.2, 0.25) is 5.91 Å². The highest BCUT2D eigenvalue weighted by atomic mass is 32.1. The summed E-state index contributed by atoms with van der Waals surface area (Å²) in [5.74, 6) is 0.528. The molecule has 2 amide bonds. The molecule has 0 spiro atoms. The summed E-state index contributed by atoms with van der Waals surface area (Å²) in [4.78, 5) is 30.7. The molecule has 2 N–H and O–H groups in total. The smallest absolute Gasteiger partial charge is 0.251 e. The maximum Gasteiger partial charge on any atom is 0.251 e. The van der Waals surface area contributed by atoms with E-state index in [1.54, 1.807) is 35.6 Å². The Labute approximate surface area is 182 Å². The Balaban J connectivity index is 1.56. The first-order valence-corrected chi connectivity index (χ1v) is 11.5. The van der Waals surface area contributed by atoms with Crippen LogP contribution in [0.5, 0.6) is 5.75 Å². The van der Waals surface area contributed by atoms with E-state index in [2.05, 4.69) is 22.8 Å². The zero-order valence-electron chi connectivity index (χ0n) is 18.0. The van der Waals surface area contributed by atoms with Gasteiger partial charge >= 0.3 is 0 Å². The van der Waals surface area contributed by atoms with Crippen molar-refractivity contribution < 1.29 is 19.2 Å². The van der Waals surface area contributed by atoms with Crippen molar-refractivity contribution in [3.05, 3.63) is 52.2 Å². The standard InChI is InChI=1S/C23H31N3O3S/c1-4-29-19-9-7-18(8-10-19)22(27)24-21(17(2)3)23(28)26-13-11-25(12-14-26)16-20-6-5-15-30-20/h5-10,15,17,21H,4,11-14,16H2,1-3H3,(H,24,27)/p+1/t21-/m1/s1. The van der Waals surface area contributed by atoms with Crippen LogP contribution < -0.4 is 15.0 Å². The van der Waals surface area contributed by atoms with Crippen molar-refractivity contribution in [3.8, 4) is 5.75 Å². The maximum atomic E-state index is 13.2. The first-order chi connectivity index (χ1) is 14.5. The fraction of sp³-hybridized carbons (Fsp3) is 0.478. The van der Waals surface area contributed by atoms with Gasteiger partial charge in [-0.25, -0.2) is 0 Å². The number of amides is 2.